The lowest BCUT2D eigenvalue weighted by molar-refractivity contribution is -0.148. The summed E-state index contributed by atoms with van der Waals surface area (Å²) in [6, 6.07) is 5.48. The monoisotopic (exact) mass is 386 g/mol. The van der Waals surface area contributed by atoms with E-state index in [1.54, 1.807) is 4.90 Å². The lowest BCUT2D eigenvalue weighted by Crippen LogP contribution is -2.53. The van der Waals surface area contributed by atoms with E-state index < -0.39 is 0 Å². The summed E-state index contributed by atoms with van der Waals surface area (Å²) in [5, 5.41) is 0. The van der Waals surface area contributed by atoms with Gasteiger partial charge in [0.05, 0.1) is 0 Å². The molecular weight excluding hydrogens is 356 g/mol. The number of rotatable bonds is 4. The maximum atomic E-state index is 12.9. The van der Waals surface area contributed by atoms with Crippen molar-refractivity contribution in [3.05, 3.63) is 23.8 Å². The minimum absolute atomic E-state index is 0.0655. The predicted octanol–water partition coefficient (Wildman–Crippen LogP) is 2.78. The predicted molar refractivity (Wildman–Crippen MR) is 106 cm³/mol. The first-order valence-electron chi connectivity index (χ1n) is 10.5. The summed E-state index contributed by atoms with van der Waals surface area (Å²) in [5.41, 5.74) is 0.848. The molecular formula is C22H30N2O4. The Morgan fingerprint density at radius 2 is 1.89 bits per heavy atom. The van der Waals surface area contributed by atoms with Crippen LogP contribution >= 0.6 is 0 Å². The second-order valence-electron chi connectivity index (χ2n) is 8.70. The summed E-state index contributed by atoms with van der Waals surface area (Å²) in [4.78, 5) is 29.5. The quantitative estimate of drug-likeness (QED) is 0.798. The molecule has 28 heavy (non-hydrogen) atoms. The molecule has 1 aromatic carbocycles. The highest BCUT2D eigenvalue weighted by molar-refractivity contribution is 5.88. The van der Waals surface area contributed by atoms with Crippen molar-refractivity contribution in [3.8, 4) is 11.5 Å². The van der Waals surface area contributed by atoms with Gasteiger partial charge in [-0.25, -0.2) is 0 Å². The maximum Gasteiger partial charge on any atom is 0.261 e. The molecule has 2 amide bonds. The van der Waals surface area contributed by atoms with E-state index in [-0.39, 0.29) is 30.1 Å². The molecule has 1 unspecified atom stereocenters. The molecule has 0 N–H and O–H groups in total. The minimum Gasteiger partial charge on any atom is -0.483 e. The van der Waals surface area contributed by atoms with Gasteiger partial charge in [0.15, 0.2) is 18.1 Å². The first kappa shape index (κ1) is 19.1. The number of nitrogens with zero attached hydrogens (tertiary/aromatic N) is 2. The molecule has 0 bridgehead atoms. The summed E-state index contributed by atoms with van der Waals surface area (Å²) in [6.45, 7) is 6.29. The SMILES string of the molecule is CC1(C)Cc2cccc(OCC(=O)N3CCCCC3C(=O)N3CCCC3)c2O1. The second kappa shape index (κ2) is 7.64. The molecule has 3 heterocycles. The third-order valence-electron chi connectivity index (χ3n) is 5.93. The number of piperidine rings is 1. The molecule has 4 rings (SSSR count). The summed E-state index contributed by atoms with van der Waals surface area (Å²) >= 11 is 0. The maximum absolute atomic E-state index is 12.9. The number of ether oxygens (including phenoxy) is 2. The summed E-state index contributed by atoms with van der Waals surface area (Å²) in [5.74, 6) is 1.34. The highest BCUT2D eigenvalue weighted by Gasteiger charge is 2.36. The summed E-state index contributed by atoms with van der Waals surface area (Å²) < 4.78 is 11.9. The number of hydrogen-bond donors (Lipinski definition) is 0. The number of para-hydroxylation sites is 1. The van der Waals surface area contributed by atoms with Gasteiger partial charge in [-0.2, -0.15) is 0 Å². The van der Waals surface area contributed by atoms with Gasteiger partial charge in [0, 0.05) is 31.6 Å². The third-order valence-corrected chi connectivity index (χ3v) is 5.93. The second-order valence-corrected chi connectivity index (χ2v) is 8.70. The van der Waals surface area contributed by atoms with E-state index >= 15 is 0 Å². The average Bonchev–Trinajstić information content (AvgIpc) is 3.32. The Morgan fingerprint density at radius 1 is 1.14 bits per heavy atom. The fourth-order valence-corrected chi connectivity index (χ4v) is 4.56. The van der Waals surface area contributed by atoms with Gasteiger partial charge in [-0.15, -0.1) is 0 Å². The van der Waals surface area contributed by atoms with Crippen LogP contribution in [0.3, 0.4) is 0 Å². The van der Waals surface area contributed by atoms with Crippen molar-refractivity contribution in [2.24, 2.45) is 0 Å². The number of hydrogen-bond acceptors (Lipinski definition) is 4. The van der Waals surface area contributed by atoms with E-state index in [1.807, 2.05) is 36.9 Å². The third kappa shape index (κ3) is 3.82. The molecule has 0 radical (unpaired) electrons. The number of likely N-dealkylation sites (tertiary alicyclic amines) is 2. The van der Waals surface area contributed by atoms with Gasteiger partial charge >= 0.3 is 0 Å². The molecule has 2 saturated heterocycles. The summed E-state index contributed by atoms with van der Waals surface area (Å²) in [6.07, 6.45) is 5.62. The molecule has 0 saturated carbocycles. The van der Waals surface area contributed by atoms with E-state index in [1.165, 1.54) is 0 Å². The van der Waals surface area contributed by atoms with Crippen LogP contribution in [0, 0.1) is 0 Å². The number of amides is 2. The van der Waals surface area contributed by atoms with E-state index in [2.05, 4.69) is 0 Å². The highest BCUT2D eigenvalue weighted by Crippen LogP contribution is 2.41. The smallest absolute Gasteiger partial charge is 0.261 e. The Kier molecular flexibility index (Phi) is 5.21. The van der Waals surface area contributed by atoms with Crippen molar-refractivity contribution >= 4 is 11.8 Å². The summed E-state index contributed by atoms with van der Waals surface area (Å²) in [7, 11) is 0. The Hall–Kier alpha value is -2.24. The van der Waals surface area contributed by atoms with Crippen molar-refractivity contribution in [2.45, 2.75) is 64.0 Å². The highest BCUT2D eigenvalue weighted by atomic mass is 16.5. The van der Waals surface area contributed by atoms with E-state index in [9.17, 15) is 9.59 Å². The molecule has 152 valence electrons. The van der Waals surface area contributed by atoms with E-state index in [0.29, 0.717) is 12.3 Å². The Bertz CT molecular complexity index is 755. The molecule has 0 aliphatic carbocycles. The fraction of sp³-hybridized carbons (Fsp3) is 0.636. The van der Waals surface area contributed by atoms with Crippen LogP contribution in [-0.4, -0.2) is 59.5 Å². The first-order valence-corrected chi connectivity index (χ1v) is 10.5. The van der Waals surface area contributed by atoms with Crippen molar-refractivity contribution in [3.63, 3.8) is 0 Å². The minimum atomic E-state index is -0.334. The van der Waals surface area contributed by atoms with Crippen LogP contribution in [0.5, 0.6) is 11.5 Å². The lowest BCUT2D eigenvalue weighted by atomic mass is 10.0. The number of carbonyl (C=O) groups is 2. The molecule has 1 atom stereocenters. The van der Waals surface area contributed by atoms with Crippen LogP contribution in [0.2, 0.25) is 0 Å². The van der Waals surface area contributed by atoms with Gasteiger partial charge in [0.2, 0.25) is 5.91 Å². The zero-order valence-corrected chi connectivity index (χ0v) is 16.9. The van der Waals surface area contributed by atoms with Crippen molar-refractivity contribution in [2.75, 3.05) is 26.2 Å². The van der Waals surface area contributed by atoms with Gasteiger partial charge in [-0.3, -0.25) is 9.59 Å². The number of fused-ring (bicyclic) bond motifs is 1. The average molecular weight is 386 g/mol. The van der Waals surface area contributed by atoms with Crippen molar-refractivity contribution < 1.29 is 19.1 Å². The van der Waals surface area contributed by atoms with Crippen LogP contribution in [-0.2, 0) is 16.0 Å². The van der Waals surface area contributed by atoms with E-state index in [4.69, 9.17) is 9.47 Å². The first-order chi connectivity index (χ1) is 13.4. The van der Waals surface area contributed by atoms with Gasteiger partial charge in [-0.1, -0.05) is 12.1 Å². The molecule has 6 heteroatoms. The lowest BCUT2D eigenvalue weighted by Gasteiger charge is -2.36. The van der Waals surface area contributed by atoms with Crippen LogP contribution in [0.15, 0.2) is 18.2 Å². The standard InChI is InChI=1S/C22H30N2O4/c1-22(2)14-16-8-7-10-18(20(16)28-22)27-15-19(25)24-13-4-3-9-17(24)21(26)23-11-5-6-12-23/h7-8,10,17H,3-6,9,11-15H2,1-2H3. The van der Waals surface area contributed by atoms with E-state index in [0.717, 1.165) is 62.9 Å². The molecule has 3 aliphatic heterocycles. The van der Waals surface area contributed by atoms with Crippen molar-refractivity contribution in [1.29, 1.82) is 0 Å². The Balaban J connectivity index is 1.42. The molecule has 0 aromatic heterocycles. The molecule has 6 nitrogen and oxygen atoms in total. The topological polar surface area (TPSA) is 59.1 Å². The molecule has 2 fully saturated rings. The zero-order chi connectivity index (χ0) is 19.7. The van der Waals surface area contributed by atoms with Crippen LogP contribution < -0.4 is 9.47 Å². The molecule has 3 aliphatic rings. The molecule has 1 aromatic rings. The van der Waals surface area contributed by atoms with Gasteiger partial charge in [0.25, 0.3) is 5.91 Å². The van der Waals surface area contributed by atoms with Crippen LogP contribution in [0.4, 0.5) is 0 Å². The number of benzene rings is 1. The van der Waals surface area contributed by atoms with Crippen LogP contribution in [0.1, 0.15) is 51.5 Å². The fourth-order valence-electron chi connectivity index (χ4n) is 4.56. The van der Waals surface area contributed by atoms with Gasteiger partial charge in [-0.05, 0) is 52.0 Å². The van der Waals surface area contributed by atoms with Crippen LogP contribution in [0.25, 0.3) is 0 Å². The Morgan fingerprint density at radius 3 is 2.68 bits per heavy atom. The van der Waals surface area contributed by atoms with Crippen molar-refractivity contribution in [1.82, 2.24) is 9.80 Å². The largest absolute Gasteiger partial charge is 0.483 e. The van der Waals surface area contributed by atoms with Gasteiger partial charge in [0.1, 0.15) is 11.6 Å². The zero-order valence-electron chi connectivity index (χ0n) is 16.9. The molecule has 0 spiro atoms. The normalized spacial score (nSPS) is 23.3. The number of carbonyl (C=O) groups excluding carboxylic acids is 2. The van der Waals surface area contributed by atoms with Gasteiger partial charge < -0.3 is 19.3 Å². The Labute approximate surface area is 166 Å².